The fraction of sp³-hybridized carbons (Fsp3) is 0.111. The molecule has 0 spiro atoms. The van der Waals surface area contributed by atoms with Crippen LogP contribution in [-0.2, 0) is 39.6 Å². The fourth-order valence-corrected chi connectivity index (χ4v) is 5.56. The van der Waals surface area contributed by atoms with Crippen LogP contribution in [0.1, 0.15) is 22.3 Å². The predicted molar refractivity (Wildman–Crippen MR) is 137 cm³/mol. The van der Waals surface area contributed by atoms with Gasteiger partial charge in [-0.15, -0.1) is 0 Å². The number of rotatable bonds is 10. The van der Waals surface area contributed by atoms with Gasteiger partial charge in [0, 0.05) is 13.1 Å². The van der Waals surface area contributed by atoms with Gasteiger partial charge in [-0.1, -0.05) is 84.9 Å². The maximum Gasteiger partial charge on any atom is 0.240 e. The summed E-state index contributed by atoms with van der Waals surface area (Å²) in [5.41, 5.74) is 3.61. The zero-order chi connectivity index (χ0) is 24.7. The summed E-state index contributed by atoms with van der Waals surface area (Å²) in [4.78, 5) is 0.395. The largest absolute Gasteiger partial charge is 0.240 e. The molecule has 0 saturated carbocycles. The van der Waals surface area contributed by atoms with E-state index in [1.54, 1.807) is 48.5 Å². The molecule has 35 heavy (non-hydrogen) atoms. The summed E-state index contributed by atoms with van der Waals surface area (Å²) >= 11 is 0. The van der Waals surface area contributed by atoms with Gasteiger partial charge in [-0.05, 0) is 52.9 Å². The van der Waals surface area contributed by atoms with Crippen molar-refractivity contribution in [2.24, 2.45) is 0 Å². The molecule has 0 aliphatic heterocycles. The van der Waals surface area contributed by atoms with Crippen molar-refractivity contribution in [3.05, 3.63) is 131 Å². The van der Waals surface area contributed by atoms with E-state index in [1.165, 1.54) is 0 Å². The van der Waals surface area contributed by atoms with E-state index in [-0.39, 0.29) is 22.9 Å². The van der Waals surface area contributed by atoms with E-state index in [4.69, 9.17) is 0 Å². The first-order valence-corrected chi connectivity index (χ1v) is 14.0. The van der Waals surface area contributed by atoms with Crippen LogP contribution < -0.4 is 9.44 Å². The summed E-state index contributed by atoms with van der Waals surface area (Å²) in [5, 5.41) is 0. The lowest BCUT2D eigenvalue weighted by atomic mass is 10.1. The second-order valence-electron chi connectivity index (χ2n) is 8.08. The van der Waals surface area contributed by atoms with Crippen LogP contribution in [0.15, 0.2) is 119 Å². The average Bonchev–Trinajstić information content (AvgIpc) is 2.88. The van der Waals surface area contributed by atoms with Crippen molar-refractivity contribution < 1.29 is 16.8 Å². The Kier molecular flexibility index (Phi) is 7.77. The van der Waals surface area contributed by atoms with E-state index in [1.807, 2.05) is 60.7 Å². The highest BCUT2D eigenvalue weighted by Crippen LogP contribution is 2.17. The summed E-state index contributed by atoms with van der Waals surface area (Å²) in [7, 11) is -7.24. The van der Waals surface area contributed by atoms with Crippen LogP contribution in [0.4, 0.5) is 0 Å². The monoisotopic (exact) mass is 506 g/mol. The topological polar surface area (TPSA) is 92.3 Å². The molecule has 0 aliphatic rings. The Morgan fingerprint density at radius 1 is 0.429 bits per heavy atom. The summed E-state index contributed by atoms with van der Waals surface area (Å²) in [5.74, 6) is 0. The molecule has 2 N–H and O–H groups in total. The quantitative estimate of drug-likeness (QED) is 0.337. The van der Waals surface area contributed by atoms with Gasteiger partial charge in [0.25, 0.3) is 0 Å². The SMILES string of the molecule is O=S(=O)(NCc1ccccc1)c1ccc(Cc2ccc(S(=O)(=O)NCc3ccccc3)cc2)cc1. The van der Waals surface area contributed by atoms with E-state index in [2.05, 4.69) is 9.44 Å². The third-order valence-corrected chi connectivity index (χ3v) is 8.33. The molecule has 4 aromatic rings. The molecule has 0 aromatic heterocycles. The van der Waals surface area contributed by atoms with E-state index in [0.29, 0.717) is 6.42 Å². The van der Waals surface area contributed by atoms with Crippen LogP contribution in [0.2, 0.25) is 0 Å². The molecule has 0 aliphatic carbocycles. The summed E-state index contributed by atoms with van der Waals surface area (Å²) in [6.07, 6.45) is 0.551. The van der Waals surface area contributed by atoms with E-state index < -0.39 is 20.0 Å². The molecule has 0 fully saturated rings. The van der Waals surface area contributed by atoms with Gasteiger partial charge in [-0.2, -0.15) is 0 Å². The lowest BCUT2D eigenvalue weighted by molar-refractivity contribution is 0.579. The molecule has 6 nitrogen and oxygen atoms in total. The Balaban J connectivity index is 1.36. The zero-order valence-corrected chi connectivity index (χ0v) is 20.6. The van der Waals surface area contributed by atoms with Gasteiger partial charge in [0.1, 0.15) is 0 Å². The maximum absolute atomic E-state index is 12.6. The van der Waals surface area contributed by atoms with Crippen molar-refractivity contribution in [3.8, 4) is 0 Å². The summed E-state index contributed by atoms with van der Waals surface area (Å²) in [6.45, 7) is 0.445. The highest BCUT2D eigenvalue weighted by Gasteiger charge is 2.15. The highest BCUT2D eigenvalue weighted by molar-refractivity contribution is 7.89. The van der Waals surface area contributed by atoms with Crippen molar-refractivity contribution in [2.45, 2.75) is 29.3 Å². The first kappa shape index (κ1) is 24.8. The number of benzene rings is 4. The third-order valence-electron chi connectivity index (χ3n) is 5.49. The fourth-order valence-electron chi connectivity index (χ4n) is 3.52. The minimum Gasteiger partial charge on any atom is -0.207 e. The van der Waals surface area contributed by atoms with Gasteiger partial charge in [0.15, 0.2) is 0 Å². The van der Waals surface area contributed by atoms with Crippen molar-refractivity contribution in [1.29, 1.82) is 0 Å². The molecule has 0 bridgehead atoms. The van der Waals surface area contributed by atoms with Crippen LogP contribution >= 0.6 is 0 Å². The van der Waals surface area contributed by atoms with Crippen LogP contribution in [0.3, 0.4) is 0 Å². The molecule has 0 radical (unpaired) electrons. The van der Waals surface area contributed by atoms with Crippen molar-refractivity contribution in [1.82, 2.24) is 9.44 Å². The van der Waals surface area contributed by atoms with Gasteiger partial charge in [0.05, 0.1) is 9.79 Å². The van der Waals surface area contributed by atoms with E-state index in [9.17, 15) is 16.8 Å². The lowest BCUT2D eigenvalue weighted by Gasteiger charge is -2.09. The van der Waals surface area contributed by atoms with Gasteiger partial charge in [0.2, 0.25) is 20.0 Å². The Bertz CT molecular complexity index is 1340. The molecule has 0 heterocycles. The minimum absolute atomic E-state index is 0.197. The Labute approximate surface area is 206 Å². The molecule has 8 heteroatoms. The van der Waals surface area contributed by atoms with Crippen molar-refractivity contribution >= 4 is 20.0 Å². The molecule has 4 rings (SSSR count). The highest BCUT2D eigenvalue weighted by atomic mass is 32.2. The number of sulfonamides is 2. The Hall–Kier alpha value is -3.30. The molecule has 180 valence electrons. The van der Waals surface area contributed by atoms with Crippen molar-refractivity contribution in [3.63, 3.8) is 0 Å². The van der Waals surface area contributed by atoms with Crippen LogP contribution in [0.5, 0.6) is 0 Å². The molecular weight excluding hydrogens is 480 g/mol. The number of hydrogen-bond acceptors (Lipinski definition) is 4. The molecule has 0 atom stereocenters. The van der Waals surface area contributed by atoms with E-state index in [0.717, 1.165) is 22.3 Å². The Morgan fingerprint density at radius 3 is 1.11 bits per heavy atom. The van der Waals surface area contributed by atoms with Crippen LogP contribution in [-0.4, -0.2) is 16.8 Å². The Morgan fingerprint density at radius 2 is 0.771 bits per heavy atom. The molecule has 0 saturated heterocycles. The summed E-state index contributed by atoms with van der Waals surface area (Å²) < 4.78 is 55.5. The lowest BCUT2D eigenvalue weighted by Crippen LogP contribution is -2.23. The third kappa shape index (κ3) is 6.86. The molecule has 0 amide bonds. The standard InChI is InChI=1S/C27H26N2O4S2/c30-34(31,28-20-24-7-3-1-4-8-24)26-15-11-22(12-16-26)19-23-13-17-27(18-14-23)35(32,33)29-21-25-9-5-2-6-10-25/h1-18,28-29H,19-21H2. The normalized spacial score (nSPS) is 11.9. The predicted octanol–water partition coefficient (Wildman–Crippen LogP) is 4.23. The first-order valence-electron chi connectivity index (χ1n) is 11.1. The minimum atomic E-state index is -3.62. The second kappa shape index (κ2) is 11.0. The van der Waals surface area contributed by atoms with Crippen LogP contribution in [0.25, 0.3) is 0 Å². The smallest absolute Gasteiger partial charge is 0.207 e. The van der Waals surface area contributed by atoms with Gasteiger partial charge in [-0.3, -0.25) is 0 Å². The first-order chi connectivity index (χ1) is 16.8. The van der Waals surface area contributed by atoms with Crippen LogP contribution in [0, 0.1) is 0 Å². The zero-order valence-electron chi connectivity index (χ0n) is 19.0. The second-order valence-corrected chi connectivity index (χ2v) is 11.6. The number of hydrogen-bond donors (Lipinski definition) is 2. The molecule has 0 unspecified atom stereocenters. The van der Waals surface area contributed by atoms with Crippen molar-refractivity contribution in [2.75, 3.05) is 0 Å². The van der Waals surface area contributed by atoms with E-state index >= 15 is 0 Å². The average molecular weight is 507 g/mol. The molecular formula is C27H26N2O4S2. The summed E-state index contributed by atoms with van der Waals surface area (Å²) in [6, 6.07) is 32.0. The van der Waals surface area contributed by atoms with Gasteiger partial charge < -0.3 is 0 Å². The number of nitrogens with one attached hydrogen (secondary N) is 2. The van der Waals surface area contributed by atoms with Gasteiger partial charge in [-0.25, -0.2) is 26.3 Å². The van der Waals surface area contributed by atoms with Gasteiger partial charge >= 0.3 is 0 Å². The maximum atomic E-state index is 12.6. The molecule has 4 aromatic carbocycles.